The fraction of sp³-hybridized carbons (Fsp3) is 0.423. The monoisotopic (exact) mass is 1640 g/mol. The van der Waals surface area contributed by atoms with Crippen LogP contribution in [0.3, 0.4) is 0 Å². The minimum atomic E-state index is 0.438. The first-order valence-corrected chi connectivity index (χ1v) is 44.4. The molecule has 0 aromatic heterocycles. The van der Waals surface area contributed by atoms with Crippen LogP contribution >= 0.6 is 23.2 Å². The number of aryl methyl sites for hydroxylation is 16. The molecule has 0 spiro atoms. The molecule has 0 aliphatic rings. The molecule has 14 heteroatoms. The van der Waals surface area contributed by atoms with Gasteiger partial charge in [-0.05, 0) is 329 Å². The van der Waals surface area contributed by atoms with Crippen molar-refractivity contribution in [2.45, 2.75) is 294 Å². The molecule has 10 aromatic carbocycles. The maximum absolute atomic E-state index is 6.68. The van der Waals surface area contributed by atoms with Crippen LogP contribution in [0.15, 0.2) is 97.1 Å². The van der Waals surface area contributed by atoms with E-state index in [0.29, 0.717) is 18.3 Å². The lowest BCUT2D eigenvalue weighted by molar-refractivity contribution is 0.861. The first-order chi connectivity index (χ1) is 55.8. The van der Waals surface area contributed by atoms with Gasteiger partial charge in [-0.3, -0.25) is 0 Å². The van der Waals surface area contributed by atoms with E-state index in [-0.39, 0.29) is 0 Å². The van der Waals surface area contributed by atoms with Crippen molar-refractivity contribution in [2.24, 2.45) is 0 Å². The first kappa shape index (κ1) is 99.0. The molecule has 0 atom stereocenters. The molecule has 0 aliphatic carbocycles. The zero-order valence-corrected chi connectivity index (χ0v) is 78.3. The Balaban J connectivity index is 0.000000256. The van der Waals surface area contributed by atoms with Gasteiger partial charge in [-0.15, -0.1) is 0 Å². The van der Waals surface area contributed by atoms with Crippen LogP contribution in [0.1, 0.15) is 303 Å². The van der Waals surface area contributed by atoms with Crippen LogP contribution in [0.4, 0.5) is 68.2 Å². The number of nitrogens with two attached hydrogens (primary N) is 12. The molecule has 0 unspecified atom stereocenters. The van der Waals surface area contributed by atoms with Gasteiger partial charge in [0, 0.05) is 84.7 Å². The molecule has 0 amide bonds. The minimum absolute atomic E-state index is 0.438. The molecule has 0 saturated heterocycles. The quantitative estimate of drug-likeness (QED) is 0.0251. The molecule has 10 rings (SSSR count). The number of benzene rings is 10. The van der Waals surface area contributed by atoms with Gasteiger partial charge in [0.25, 0.3) is 0 Å². The van der Waals surface area contributed by atoms with E-state index in [1.54, 1.807) is 0 Å². The standard InChI is InChI=1S/C21H28Cl2N2.2C21H30N2.C19H26N2.2C11H18N2/c1-5-12-9-14(18(22)16(7-3)20(12)24)11-15-10-13(6-2)21(25)17(8-4)19(15)23;1-12(2)18-10-16(7-14(5)20(18)22)9-17-8-15(6)21(23)19(11-17)13(3)4;1-5-16-10-14(11-17(6-2)20(16)22)9-15-12-18(7-3)21(23)19(8-4)13-15;1-5-16-10-14(7-12(3)18(16)20)9-15-8-13(4)19(21)17(6-2)11-15;1-4-8-6-9(5-2)11(13)7(3)10(8)12;1-4-8-6-7(3)10(12)9(5-2)11(8)13/h9-10H,5-8,11,24-25H2,1-4H3;7-8,10-13H,9,22-23H2,1-6H3;10-13H,5-9,22-23H2,1-4H3;7-8,10-11H,5-6,9,20-21H2,1-4H3;2*6H,4-5,12-13H2,1-3H3. The molecular weight excluding hydrogens is 1490 g/mol. The average Bonchev–Trinajstić information content (AvgIpc) is 0.786. The molecular formula is C104H150Cl2N12. The second-order valence-corrected chi connectivity index (χ2v) is 33.3. The number of nitrogen functional groups attached to an aromatic ring is 12. The van der Waals surface area contributed by atoms with Crippen LogP contribution in [0.5, 0.6) is 0 Å². The van der Waals surface area contributed by atoms with E-state index >= 15 is 0 Å². The van der Waals surface area contributed by atoms with Crippen LogP contribution < -0.4 is 68.8 Å². The summed E-state index contributed by atoms with van der Waals surface area (Å²) in [5, 5.41) is 1.53. The van der Waals surface area contributed by atoms with Gasteiger partial charge in [0.1, 0.15) is 0 Å². The summed E-state index contributed by atoms with van der Waals surface area (Å²) in [4.78, 5) is 0. The highest BCUT2D eigenvalue weighted by Gasteiger charge is 2.21. The Morgan fingerprint density at radius 1 is 0.203 bits per heavy atom. The third-order valence-corrected chi connectivity index (χ3v) is 24.7. The minimum Gasteiger partial charge on any atom is -0.398 e. The molecule has 0 saturated carbocycles. The maximum Gasteiger partial charge on any atom is 0.0493 e. The predicted molar refractivity (Wildman–Crippen MR) is 527 cm³/mol. The Morgan fingerprint density at radius 2 is 0.415 bits per heavy atom. The van der Waals surface area contributed by atoms with Gasteiger partial charge in [0.15, 0.2) is 0 Å². The summed E-state index contributed by atoms with van der Waals surface area (Å²) < 4.78 is 0. The first-order valence-electron chi connectivity index (χ1n) is 43.6. The SMILES string of the molecule is CCc1cc(C)c(N)c(CC)c1N.CCc1cc(CC)c(N)c(C)c1N.CCc1cc(Cc2cc(C)c(N)c(CC)c2)cc(C)c1N.CCc1cc(Cc2cc(CC)c(N)c(CC)c2)cc(CC)c1N.CCc1cc(Cc2cc(CC)c(N)c(CC)c2Cl)c(Cl)c(CC)c1N.Cc1cc(Cc2cc(C)c(N)c(C(C)C)c2)cc(C(C)C)c1N. The van der Waals surface area contributed by atoms with Gasteiger partial charge in [-0.1, -0.05) is 245 Å². The molecule has 0 heterocycles. The highest BCUT2D eigenvalue weighted by Crippen LogP contribution is 2.39. The van der Waals surface area contributed by atoms with E-state index in [4.69, 9.17) is 92.0 Å². The predicted octanol–water partition coefficient (Wildman–Crippen LogP) is 24.7. The molecule has 10 aromatic rings. The van der Waals surface area contributed by atoms with Crippen LogP contribution in [-0.4, -0.2) is 0 Å². The number of anilines is 12. The zero-order chi connectivity index (χ0) is 88.6. The van der Waals surface area contributed by atoms with Crippen LogP contribution in [0, 0.1) is 41.5 Å². The van der Waals surface area contributed by atoms with E-state index in [1.165, 1.54) is 117 Å². The van der Waals surface area contributed by atoms with Crippen molar-refractivity contribution < 1.29 is 0 Å². The number of hydrogen-bond donors (Lipinski definition) is 12. The van der Waals surface area contributed by atoms with Gasteiger partial charge >= 0.3 is 0 Å². The molecule has 0 aliphatic heterocycles. The van der Waals surface area contributed by atoms with Gasteiger partial charge < -0.3 is 68.8 Å². The lowest BCUT2D eigenvalue weighted by atomic mass is 9.90. The fourth-order valence-corrected chi connectivity index (χ4v) is 16.9. The molecule has 0 bridgehead atoms. The maximum atomic E-state index is 6.68. The van der Waals surface area contributed by atoms with Crippen LogP contribution in [-0.2, 0) is 116 Å². The number of hydrogen-bond acceptors (Lipinski definition) is 12. The largest absolute Gasteiger partial charge is 0.398 e. The normalized spacial score (nSPS) is 10.9. The molecule has 24 N–H and O–H groups in total. The van der Waals surface area contributed by atoms with Crippen molar-refractivity contribution in [3.8, 4) is 0 Å². The summed E-state index contributed by atoms with van der Waals surface area (Å²) >= 11 is 13.4. The smallest absolute Gasteiger partial charge is 0.0493 e. The van der Waals surface area contributed by atoms with Gasteiger partial charge in [0.05, 0.1) is 0 Å². The summed E-state index contributed by atoms with van der Waals surface area (Å²) in [6.45, 7) is 51.0. The second-order valence-electron chi connectivity index (χ2n) is 32.5. The van der Waals surface area contributed by atoms with Crippen molar-refractivity contribution in [2.75, 3.05) is 68.8 Å². The topological polar surface area (TPSA) is 312 Å². The summed E-state index contributed by atoms with van der Waals surface area (Å²) in [5.41, 5.74) is 121. The Hall–Kier alpha value is -9.62. The molecule has 0 fully saturated rings. The van der Waals surface area contributed by atoms with E-state index in [0.717, 1.165) is 238 Å². The molecule has 12 nitrogen and oxygen atoms in total. The van der Waals surface area contributed by atoms with Crippen molar-refractivity contribution >= 4 is 91.5 Å². The number of rotatable bonds is 24. The van der Waals surface area contributed by atoms with Crippen molar-refractivity contribution in [3.63, 3.8) is 0 Å². The molecule has 640 valence electrons. The summed E-state index contributed by atoms with van der Waals surface area (Å²) in [6.07, 6.45) is 16.6. The van der Waals surface area contributed by atoms with Crippen molar-refractivity contribution in [3.05, 3.63) is 274 Å². The van der Waals surface area contributed by atoms with Crippen LogP contribution in [0.2, 0.25) is 10.0 Å². The van der Waals surface area contributed by atoms with E-state index in [9.17, 15) is 0 Å². The van der Waals surface area contributed by atoms with Crippen molar-refractivity contribution in [1.29, 1.82) is 0 Å². The summed E-state index contributed by atoms with van der Waals surface area (Å²) in [5.74, 6) is 0.876. The Bertz CT molecular complexity index is 4730. The Kier molecular flexibility index (Phi) is 38.6. The third-order valence-electron chi connectivity index (χ3n) is 23.7. The third kappa shape index (κ3) is 24.8. The second kappa shape index (κ2) is 46.1. The average molecular weight is 1640 g/mol. The zero-order valence-electron chi connectivity index (χ0n) is 76.8. The summed E-state index contributed by atoms with van der Waals surface area (Å²) in [7, 11) is 0. The highest BCUT2D eigenvalue weighted by molar-refractivity contribution is 6.33. The molecule has 118 heavy (non-hydrogen) atoms. The van der Waals surface area contributed by atoms with E-state index < -0.39 is 0 Å². The van der Waals surface area contributed by atoms with Gasteiger partial charge in [0.2, 0.25) is 0 Å². The fourth-order valence-electron chi connectivity index (χ4n) is 16.1. The number of halogens is 2. The van der Waals surface area contributed by atoms with E-state index in [1.807, 2.05) is 13.8 Å². The lowest BCUT2D eigenvalue weighted by Gasteiger charge is -2.18. The Morgan fingerprint density at radius 3 is 0.686 bits per heavy atom. The van der Waals surface area contributed by atoms with Crippen molar-refractivity contribution in [1.82, 2.24) is 0 Å². The van der Waals surface area contributed by atoms with E-state index in [2.05, 4.69) is 249 Å². The van der Waals surface area contributed by atoms with Gasteiger partial charge in [-0.2, -0.15) is 0 Å². The Labute approximate surface area is 723 Å². The molecule has 0 radical (unpaired) electrons. The van der Waals surface area contributed by atoms with Crippen LogP contribution in [0.25, 0.3) is 0 Å². The summed E-state index contributed by atoms with van der Waals surface area (Å²) in [6, 6.07) is 35.3. The lowest BCUT2D eigenvalue weighted by Crippen LogP contribution is -2.06. The highest BCUT2D eigenvalue weighted by atomic mass is 35.5. The van der Waals surface area contributed by atoms with Gasteiger partial charge in [-0.25, -0.2) is 0 Å².